The molecule has 0 unspecified atom stereocenters. The van der Waals surface area contributed by atoms with E-state index in [4.69, 9.17) is 4.74 Å². The van der Waals surface area contributed by atoms with Crippen LogP contribution in [0.15, 0.2) is 54.6 Å². The van der Waals surface area contributed by atoms with Crippen LogP contribution in [0.3, 0.4) is 0 Å². The summed E-state index contributed by atoms with van der Waals surface area (Å²) in [5.74, 6) is -0.303. The number of hydrogen-bond donors (Lipinski definition) is 2. The number of nitrogens with one attached hydrogen (secondary N) is 2. The Balaban J connectivity index is 1.75. The van der Waals surface area contributed by atoms with Gasteiger partial charge in [-0.05, 0) is 37.1 Å². The molecule has 7 nitrogen and oxygen atoms in total. The molecule has 3 rings (SSSR count). The third kappa shape index (κ3) is 3.55. The Morgan fingerprint density at radius 3 is 2.57 bits per heavy atom. The normalized spacial score (nSPS) is 19.9. The molecular weight excluding hydrogens is 358 g/mol. The zero-order valence-electron chi connectivity index (χ0n) is 16.1. The lowest BCUT2D eigenvalue weighted by Crippen LogP contribution is -2.49. The van der Waals surface area contributed by atoms with Gasteiger partial charge >= 0.3 is 6.03 Å². The van der Waals surface area contributed by atoms with Gasteiger partial charge in [-0.3, -0.25) is 9.59 Å². The van der Waals surface area contributed by atoms with Crippen LogP contribution in [0.2, 0.25) is 0 Å². The highest BCUT2D eigenvalue weighted by molar-refractivity contribution is 6.09. The topological polar surface area (TPSA) is 87.7 Å². The van der Waals surface area contributed by atoms with Crippen LogP contribution in [-0.2, 0) is 21.7 Å². The molecule has 1 aliphatic heterocycles. The van der Waals surface area contributed by atoms with Gasteiger partial charge in [0.25, 0.3) is 5.91 Å². The number of imide groups is 1. The molecule has 0 saturated carbocycles. The van der Waals surface area contributed by atoms with E-state index < -0.39 is 29.4 Å². The molecule has 1 heterocycles. The maximum atomic E-state index is 13.1. The molecule has 0 spiro atoms. The summed E-state index contributed by atoms with van der Waals surface area (Å²) < 4.78 is 5.21. The summed E-state index contributed by atoms with van der Waals surface area (Å²) >= 11 is 0. The highest BCUT2D eigenvalue weighted by Gasteiger charge is 2.51. The summed E-state index contributed by atoms with van der Waals surface area (Å²) in [7, 11) is 1.53. The third-order valence-electron chi connectivity index (χ3n) is 4.95. The Labute approximate surface area is 163 Å². The van der Waals surface area contributed by atoms with E-state index >= 15 is 0 Å². The number of amides is 4. The Morgan fingerprint density at radius 2 is 1.89 bits per heavy atom. The van der Waals surface area contributed by atoms with E-state index in [1.54, 1.807) is 31.2 Å². The second-order valence-corrected chi connectivity index (χ2v) is 6.84. The lowest BCUT2D eigenvalue weighted by Gasteiger charge is -2.25. The average Bonchev–Trinajstić information content (AvgIpc) is 2.95. The van der Waals surface area contributed by atoms with Gasteiger partial charge in [-0.25, -0.2) is 9.69 Å². The molecule has 7 heteroatoms. The number of hydrogen-bond acceptors (Lipinski definition) is 4. The van der Waals surface area contributed by atoms with Crippen molar-refractivity contribution >= 4 is 17.8 Å². The third-order valence-corrected chi connectivity index (χ3v) is 4.95. The summed E-state index contributed by atoms with van der Waals surface area (Å²) in [5.41, 5.74) is 0.255. The molecule has 0 bridgehead atoms. The predicted molar refractivity (Wildman–Crippen MR) is 103 cm³/mol. The Morgan fingerprint density at radius 1 is 1.18 bits per heavy atom. The standard InChI is InChI=1S/C21H23N3O4/c1-14(18(25)22-13-15-8-5-4-6-9-15)24-19(26)21(2,23-20(24)27)16-10-7-11-17(12-16)28-3/h4-12,14H,13H2,1-3H3,(H,22,25)(H,23,27)/t14-,21-/m1/s1. The largest absolute Gasteiger partial charge is 0.497 e. The van der Waals surface area contributed by atoms with Crippen LogP contribution in [0.4, 0.5) is 4.79 Å². The van der Waals surface area contributed by atoms with Gasteiger partial charge < -0.3 is 15.4 Å². The van der Waals surface area contributed by atoms with Gasteiger partial charge in [0.1, 0.15) is 17.3 Å². The fourth-order valence-electron chi connectivity index (χ4n) is 3.19. The molecule has 2 atom stereocenters. The van der Waals surface area contributed by atoms with E-state index in [0.717, 1.165) is 10.5 Å². The van der Waals surface area contributed by atoms with Gasteiger partial charge in [0.2, 0.25) is 5.91 Å². The molecule has 0 aromatic heterocycles. The van der Waals surface area contributed by atoms with Crippen LogP contribution in [0.25, 0.3) is 0 Å². The molecule has 4 amide bonds. The molecule has 0 aliphatic carbocycles. The number of methoxy groups -OCH3 is 1. The number of carbonyl (C=O) groups excluding carboxylic acids is 3. The van der Waals surface area contributed by atoms with Crippen molar-refractivity contribution in [2.45, 2.75) is 32.0 Å². The van der Waals surface area contributed by atoms with Crippen molar-refractivity contribution in [2.75, 3.05) is 7.11 Å². The predicted octanol–water partition coefficient (Wildman–Crippen LogP) is 2.17. The van der Waals surface area contributed by atoms with Crippen LogP contribution in [0.5, 0.6) is 5.75 Å². The summed E-state index contributed by atoms with van der Waals surface area (Å²) in [6.07, 6.45) is 0. The number of urea groups is 1. The summed E-state index contributed by atoms with van der Waals surface area (Å²) in [6.45, 7) is 3.48. The van der Waals surface area contributed by atoms with Gasteiger partial charge in [-0.1, -0.05) is 42.5 Å². The highest BCUT2D eigenvalue weighted by atomic mass is 16.5. The molecule has 1 fully saturated rings. The molecule has 28 heavy (non-hydrogen) atoms. The van der Waals surface area contributed by atoms with Crippen LogP contribution in [0, 0.1) is 0 Å². The first-order valence-electron chi connectivity index (χ1n) is 8.99. The second kappa shape index (κ2) is 7.72. The molecular formula is C21H23N3O4. The maximum absolute atomic E-state index is 13.1. The molecule has 2 aromatic carbocycles. The van der Waals surface area contributed by atoms with Crippen molar-refractivity contribution in [2.24, 2.45) is 0 Å². The van der Waals surface area contributed by atoms with Gasteiger partial charge in [0.15, 0.2) is 0 Å². The van der Waals surface area contributed by atoms with Crippen LogP contribution < -0.4 is 15.4 Å². The van der Waals surface area contributed by atoms with Gasteiger partial charge in [-0.15, -0.1) is 0 Å². The lowest BCUT2D eigenvalue weighted by molar-refractivity contribution is -0.137. The molecule has 2 N–H and O–H groups in total. The first kappa shape index (κ1) is 19.4. The Bertz CT molecular complexity index is 900. The minimum absolute atomic E-state index is 0.320. The Hall–Kier alpha value is -3.35. The summed E-state index contributed by atoms with van der Waals surface area (Å²) in [4.78, 5) is 39.1. The zero-order valence-corrected chi connectivity index (χ0v) is 16.1. The van der Waals surface area contributed by atoms with Crippen molar-refractivity contribution in [1.29, 1.82) is 0 Å². The number of benzene rings is 2. The molecule has 1 aliphatic rings. The van der Waals surface area contributed by atoms with Gasteiger partial charge in [0.05, 0.1) is 7.11 Å². The van der Waals surface area contributed by atoms with Crippen LogP contribution in [0.1, 0.15) is 25.0 Å². The summed E-state index contributed by atoms with van der Waals surface area (Å²) in [6, 6.07) is 14.8. The minimum Gasteiger partial charge on any atom is -0.497 e. The smallest absolute Gasteiger partial charge is 0.326 e. The fourth-order valence-corrected chi connectivity index (χ4v) is 3.19. The van der Waals surface area contributed by atoms with Gasteiger partial charge in [0, 0.05) is 6.54 Å². The zero-order chi connectivity index (χ0) is 20.3. The average molecular weight is 381 g/mol. The van der Waals surface area contributed by atoms with E-state index in [0.29, 0.717) is 17.9 Å². The first-order valence-corrected chi connectivity index (χ1v) is 8.99. The van der Waals surface area contributed by atoms with Crippen LogP contribution in [-0.4, -0.2) is 35.9 Å². The second-order valence-electron chi connectivity index (χ2n) is 6.84. The number of ether oxygens (including phenoxy) is 1. The van der Waals surface area contributed by atoms with E-state index in [1.807, 2.05) is 30.3 Å². The molecule has 0 radical (unpaired) electrons. The maximum Gasteiger partial charge on any atom is 0.326 e. The monoisotopic (exact) mass is 381 g/mol. The van der Waals surface area contributed by atoms with Crippen LogP contribution >= 0.6 is 0 Å². The van der Waals surface area contributed by atoms with Crippen molar-refractivity contribution < 1.29 is 19.1 Å². The van der Waals surface area contributed by atoms with Crippen molar-refractivity contribution in [3.8, 4) is 5.75 Å². The van der Waals surface area contributed by atoms with Crippen molar-refractivity contribution in [3.05, 3.63) is 65.7 Å². The molecule has 2 aromatic rings. The fraction of sp³-hybridized carbons (Fsp3) is 0.286. The first-order chi connectivity index (χ1) is 13.4. The van der Waals surface area contributed by atoms with E-state index in [-0.39, 0.29) is 0 Å². The lowest BCUT2D eigenvalue weighted by atomic mass is 9.91. The van der Waals surface area contributed by atoms with E-state index in [2.05, 4.69) is 10.6 Å². The van der Waals surface area contributed by atoms with Gasteiger partial charge in [-0.2, -0.15) is 0 Å². The van der Waals surface area contributed by atoms with Crippen molar-refractivity contribution in [3.63, 3.8) is 0 Å². The Kier molecular flexibility index (Phi) is 5.35. The SMILES string of the molecule is COc1cccc([C@@]2(C)NC(=O)N([C@H](C)C(=O)NCc3ccccc3)C2=O)c1. The summed E-state index contributed by atoms with van der Waals surface area (Å²) in [5, 5.41) is 5.48. The number of nitrogens with zero attached hydrogens (tertiary/aromatic N) is 1. The van der Waals surface area contributed by atoms with E-state index in [9.17, 15) is 14.4 Å². The molecule has 1 saturated heterocycles. The van der Waals surface area contributed by atoms with E-state index in [1.165, 1.54) is 14.0 Å². The minimum atomic E-state index is -1.26. The number of carbonyl (C=O) groups is 3. The molecule has 146 valence electrons. The van der Waals surface area contributed by atoms with Crippen molar-refractivity contribution in [1.82, 2.24) is 15.5 Å². The quantitative estimate of drug-likeness (QED) is 0.751. The highest BCUT2D eigenvalue weighted by Crippen LogP contribution is 2.31. The number of rotatable bonds is 6.